The molecule has 0 N–H and O–H groups in total. The minimum absolute atomic E-state index is 0.906. The molecule has 61 heavy (non-hydrogen) atoms. The van der Waals surface area contributed by atoms with E-state index in [0.717, 1.165) is 50.1 Å². The van der Waals surface area contributed by atoms with Crippen LogP contribution in [0.2, 0.25) is 0 Å². The molecule has 2 nitrogen and oxygen atoms in total. The van der Waals surface area contributed by atoms with Crippen molar-refractivity contribution in [2.24, 2.45) is 0 Å². The quantitative estimate of drug-likeness (QED) is 0.160. The second-order valence-corrected chi connectivity index (χ2v) is 16.8. The van der Waals surface area contributed by atoms with E-state index in [-0.39, 0.29) is 0 Å². The third-order valence-corrected chi connectivity index (χ3v) is 13.3. The van der Waals surface area contributed by atoms with Gasteiger partial charge in [-0.05, 0) is 116 Å². The first-order chi connectivity index (χ1) is 30.2. The Kier molecular flexibility index (Phi) is 8.39. The van der Waals surface area contributed by atoms with Crippen molar-refractivity contribution in [2.45, 2.75) is 0 Å². The van der Waals surface area contributed by atoms with Crippen molar-refractivity contribution in [1.29, 1.82) is 0 Å². The molecule has 286 valence electrons. The molecule has 0 aliphatic rings. The molecule has 12 rings (SSSR count). The van der Waals surface area contributed by atoms with Gasteiger partial charge in [0.25, 0.3) is 0 Å². The molecule has 0 saturated carbocycles. The number of rotatable bonds is 7. The number of hydrogen-bond donors (Lipinski definition) is 0. The number of anilines is 3. The summed E-state index contributed by atoms with van der Waals surface area (Å²) in [6.07, 6.45) is 0. The molecule has 0 atom stereocenters. The Balaban J connectivity index is 0.922. The monoisotopic (exact) mass is 795 g/mol. The molecular formula is C58H37NOS. The van der Waals surface area contributed by atoms with Crippen LogP contribution in [0.15, 0.2) is 229 Å². The largest absolute Gasteiger partial charge is 0.455 e. The van der Waals surface area contributed by atoms with Gasteiger partial charge >= 0.3 is 0 Å². The van der Waals surface area contributed by atoms with Crippen LogP contribution in [0.3, 0.4) is 0 Å². The molecule has 10 aromatic carbocycles. The lowest BCUT2D eigenvalue weighted by atomic mass is 9.95. The van der Waals surface area contributed by atoms with Crippen molar-refractivity contribution in [3.63, 3.8) is 0 Å². The summed E-state index contributed by atoms with van der Waals surface area (Å²) in [4.78, 5) is 2.35. The Morgan fingerprint density at radius 2 is 0.836 bits per heavy atom. The lowest BCUT2D eigenvalue weighted by Gasteiger charge is -2.26. The fourth-order valence-corrected chi connectivity index (χ4v) is 10.2. The number of nitrogens with zero attached hydrogens (tertiary/aromatic N) is 1. The number of fused-ring (bicyclic) bond motifs is 7. The van der Waals surface area contributed by atoms with E-state index in [9.17, 15) is 0 Å². The number of benzene rings is 10. The predicted octanol–water partition coefficient (Wildman–Crippen LogP) is 17.2. The number of para-hydroxylation sites is 2. The molecule has 0 aliphatic carbocycles. The van der Waals surface area contributed by atoms with Crippen molar-refractivity contribution in [1.82, 2.24) is 0 Å². The van der Waals surface area contributed by atoms with Gasteiger partial charge < -0.3 is 9.32 Å². The van der Waals surface area contributed by atoms with E-state index in [0.29, 0.717) is 0 Å². The first kappa shape index (κ1) is 35.2. The molecule has 0 radical (unpaired) electrons. The van der Waals surface area contributed by atoms with Crippen molar-refractivity contribution in [3.8, 4) is 44.5 Å². The van der Waals surface area contributed by atoms with Crippen LogP contribution in [-0.4, -0.2) is 0 Å². The molecule has 0 amide bonds. The highest BCUT2D eigenvalue weighted by molar-refractivity contribution is 7.25. The van der Waals surface area contributed by atoms with Gasteiger partial charge in [-0.25, -0.2) is 0 Å². The normalized spacial score (nSPS) is 11.6. The maximum absolute atomic E-state index is 6.43. The third-order valence-electron chi connectivity index (χ3n) is 12.1. The maximum atomic E-state index is 6.43. The van der Waals surface area contributed by atoms with E-state index in [4.69, 9.17) is 4.42 Å². The van der Waals surface area contributed by atoms with Crippen LogP contribution in [0, 0.1) is 0 Å². The summed E-state index contributed by atoms with van der Waals surface area (Å²) in [6, 6.07) is 81.2. The van der Waals surface area contributed by atoms with Crippen LogP contribution >= 0.6 is 11.3 Å². The highest BCUT2D eigenvalue weighted by atomic mass is 32.1. The zero-order valence-corrected chi connectivity index (χ0v) is 33.9. The van der Waals surface area contributed by atoms with Crippen molar-refractivity contribution in [3.05, 3.63) is 224 Å². The summed E-state index contributed by atoms with van der Waals surface area (Å²) in [5.41, 5.74) is 14.5. The fourth-order valence-electron chi connectivity index (χ4n) is 9.07. The molecule has 12 aromatic rings. The van der Waals surface area contributed by atoms with Crippen LogP contribution in [0.5, 0.6) is 0 Å². The number of hydrogen-bond acceptors (Lipinski definition) is 3. The van der Waals surface area contributed by atoms with E-state index in [1.807, 2.05) is 23.5 Å². The van der Waals surface area contributed by atoms with E-state index in [1.54, 1.807) is 0 Å². The molecule has 0 fully saturated rings. The first-order valence-electron chi connectivity index (χ1n) is 20.7. The maximum Gasteiger partial charge on any atom is 0.143 e. The topological polar surface area (TPSA) is 16.4 Å². The molecule has 0 aliphatic heterocycles. The van der Waals surface area contributed by atoms with E-state index in [2.05, 4.69) is 217 Å². The van der Waals surface area contributed by atoms with Gasteiger partial charge in [0.2, 0.25) is 0 Å². The van der Waals surface area contributed by atoms with Crippen molar-refractivity contribution in [2.75, 3.05) is 4.90 Å². The summed E-state index contributed by atoms with van der Waals surface area (Å²) in [5, 5.41) is 7.41. The van der Waals surface area contributed by atoms with Crippen LogP contribution in [0.4, 0.5) is 17.1 Å². The molecule has 0 bridgehead atoms. The molecule has 3 heteroatoms. The summed E-state index contributed by atoms with van der Waals surface area (Å²) >= 11 is 1.86. The van der Waals surface area contributed by atoms with Gasteiger partial charge in [0.15, 0.2) is 0 Å². The van der Waals surface area contributed by atoms with Crippen LogP contribution in [-0.2, 0) is 0 Å². The van der Waals surface area contributed by atoms with Crippen molar-refractivity contribution < 1.29 is 4.42 Å². The summed E-state index contributed by atoms with van der Waals surface area (Å²) < 4.78 is 9.07. The minimum atomic E-state index is 0.906. The smallest absolute Gasteiger partial charge is 0.143 e. The van der Waals surface area contributed by atoms with Gasteiger partial charge in [0.05, 0.1) is 0 Å². The summed E-state index contributed by atoms with van der Waals surface area (Å²) in [7, 11) is 0. The Morgan fingerprint density at radius 1 is 0.311 bits per heavy atom. The molecule has 2 aromatic heterocycles. The number of furan rings is 1. The second-order valence-electron chi connectivity index (χ2n) is 15.7. The molecule has 0 saturated heterocycles. The SMILES string of the molecule is c1cc(-c2ccc(N(c3ccc(-c4ccc5sc6ccccc6c5c4)cc3)c3ccc(-c4cccc5c4oc4ccccc45)cc3)cc2)cc(-c2cccc3ccccc23)c1. The van der Waals surface area contributed by atoms with Gasteiger partial charge in [-0.3, -0.25) is 0 Å². The molecule has 2 heterocycles. The van der Waals surface area contributed by atoms with Crippen molar-refractivity contribution >= 4 is 81.3 Å². The van der Waals surface area contributed by atoms with Crippen LogP contribution in [0.1, 0.15) is 0 Å². The zero-order valence-electron chi connectivity index (χ0n) is 33.1. The van der Waals surface area contributed by atoms with Crippen LogP contribution in [0.25, 0.3) is 97.4 Å². The van der Waals surface area contributed by atoms with Gasteiger partial charge in [0.1, 0.15) is 11.2 Å². The summed E-state index contributed by atoms with van der Waals surface area (Å²) in [6.45, 7) is 0. The van der Waals surface area contributed by atoms with Crippen LogP contribution < -0.4 is 4.90 Å². The Bertz CT molecular complexity index is 3570. The van der Waals surface area contributed by atoms with Gasteiger partial charge in [-0.15, -0.1) is 11.3 Å². The zero-order chi connectivity index (χ0) is 40.3. The minimum Gasteiger partial charge on any atom is -0.455 e. The second kappa shape index (κ2) is 14.5. The Hall–Kier alpha value is -7.72. The third kappa shape index (κ3) is 6.18. The van der Waals surface area contributed by atoms with E-state index in [1.165, 1.54) is 64.3 Å². The van der Waals surface area contributed by atoms with Gasteiger partial charge in [-0.1, -0.05) is 158 Å². The highest BCUT2D eigenvalue weighted by Gasteiger charge is 2.17. The van der Waals surface area contributed by atoms with E-state index < -0.39 is 0 Å². The highest BCUT2D eigenvalue weighted by Crippen LogP contribution is 2.42. The predicted molar refractivity (Wildman–Crippen MR) is 261 cm³/mol. The molecular weight excluding hydrogens is 759 g/mol. The summed E-state index contributed by atoms with van der Waals surface area (Å²) in [5.74, 6) is 0. The average Bonchev–Trinajstić information content (AvgIpc) is 3.91. The lowest BCUT2D eigenvalue weighted by Crippen LogP contribution is -2.09. The fraction of sp³-hybridized carbons (Fsp3) is 0. The molecule has 0 spiro atoms. The average molecular weight is 796 g/mol. The van der Waals surface area contributed by atoms with Gasteiger partial charge in [-0.2, -0.15) is 0 Å². The molecule has 0 unspecified atom stereocenters. The first-order valence-corrected chi connectivity index (χ1v) is 21.5. The van der Waals surface area contributed by atoms with E-state index >= 15 is 0 Å². The Labute approximate surface area is 357 Å². The lowest BCUT2D eigenvalue weighted by molar-refractivity contribution is 0.670. The standard InChI is InChI=1S/C58H37NOS/c1-2-14-48-40(10-1)11-8-17-49(48)44-13-7-12-42(36-44)38-22-29-45(30-23-38)59(46-31-24-39(25-32-46)43-28-35-57-54(37-43)52-16-4-6-21-56(52)61-57)47-33-26-41(27-34-47)50-18-9-19-53-51-15-3-5-20-55(51)60-58(50)53/h1-37H. The Morgan fingerprint density at radius 3 is 1.61 bits per heavy atom. The van der Waals surface area contributed by atoms with Gasteiger partial charge in [0, 0.05) is 53.6 Å². The number of thiophene rings is 1.